The summed E-state index contributed by atoms with van der Waals surface area (Å²) >= 11 is 0. The van der Waals surface area contributed by atoms with Crippen molar-refractivity contribution in [2.45, 2.75) is 19.8 Å². The van der Waals surface area contributed by atoms with Crippen molar-refractivity contribution in [3.63, 3.8) is 0 Å². The van der Waals surface area contributed by atoms with Crippen LogP contribution in [0.2, 0.25) is 0 Å². The summed E-state index contributed by atoms with van der Waals surface area (Å²) in [5.74, 6) is -0.0911. The zero-order valence-electron chi connectivity index (χ0n) is 11.7. The number of rotatable bonds is 5. The van der Waals surface area contributed by atoms with Gasteiger partial charge in [-0.3, -0.25) is 9.48 Å². The fraction of sp³-hybridized carbons (Fsp3) is 0.267. The van der Waals surface area contributed by atoms with Gasteiger partial charge in [-0.2, -0.15) is 10.2 Å². The zero-order valence-corrected chi connectivity index (χ0v) is 11.7. The third-order valence-corrected chi connectivity index (χ3v) is 2.93. The molecule has 0 fully saturated rings. The average Bonchev–Trinajstić information content (AvgIpc) is 2.76. The number of hydrazone groups is 1. The Balaban J connectivity index is 1.79. The van der Waals surface area contributed by atoms with E-state index in [1.165, 1.54) is 0 Å². The van der Waals surface area contributed by atoms with Gasteiger partial charge in [-0.05, 0) is 18.9 Å². The number of carbonyl (C=O) groups excluding carboxylic acids is 1. The van der Waals surface area contributed by atoms with E-state index in [0.29, 0.717) is 12.8 Å². The largest absolute Gasteiger partial charge is 0.275 e. The topological polar surface area (TPSA) is 59.3 Å². The lowest BCUT2D eigenvalue weighted by atomic mass is 10.1. The van der Waals surface area contributed by atoms with Gasteiger partial charge in [-0.15, -0.1) is 0 Å². The Labute approximate surface area is 118 Å². The minimum atomic E-state index is -0.0911. The third kappa shape index (κ3) is 4.05. The van der Waals surface area contributed by atoms with Gasteiger partial charge in [0.05, 0.1) is 11.9 Å². The maximum absolute atomic E-state index is 11.7. The summed E-state index contributed by atoms with van der Waals surface area (Å²) in [5, 5.41) is 8.15. The van der Waals surface area contributed by atoms with E-state index in [2.05, 4.69) is 15.6 Å². The van der Waals surface area contributed by atoms with E-state index in [0.717, 1.165) is 16.8 Å². The Morgan fingerprint density at radius 3 is 2.80 bits per heavy atom. The van der Waals surface area contributed by atoms with Crippen molar-refractivity contribution in [3.05, 3.63) is 53.3 Å². The van der Waals surface area contributed by atoms with Gasteiger partial charge in [0.2, 0.25) is 5.91 Å². The normalized spacial score (nSPS) is 10.9. The fourth-order valence-electron chi connectivity index (χ4n) is 1.88. The molecule has 0 atom stereocenters. The van der Waals surface area contributed by atoms with E-state index in [4.69, 9.17) is 0 Å². The zero-order chi connectivity index (χ0) is 14.4. The highest BCUT2D eigenvalue weighted by Gasteiger charge is 2.02. The quantitative estimate of drug-likeness (QED) is 0.665. The lowest BCUT2D eigenvalue weighted by molar-refractivity contribution is -0.121. The monoisotopic (exact) mass is 270 g/mol. The molecule has 20 heavy (non-hydrogen) atoms. The molecule has 0 aliphatic heterocycles. The standard InChI is InChI=1S/C15H18N4O/c1-12-14(11-19(2)18-12)10-16-17-15(20)9-8-13-6-4-3-5-7-13/h3-7,10-11H,8-9H2,1-2H3,(H,17,20)/b16-10+. The van der Waals surface area contributed by atoms with Crippen molar-refractivity contribution in [1.82, 2.24) is 15.2 Å². The molecule has 0 saturated carbocycles. The van der Waals surface area contributed by atoms with Crippen LogP contribution < -0.4 is 5.43 Å². The average molecular weight is 270 g/mol. The molecule has 1 aromatic heterocycles. The van der Waals surface area contributed by atoms with Gasteiger partial charge >= 0.3 is 0 Å². The molecule has 0 aliphatic rings. The second-order valence-corrected chi connectivity index (χ2v) is 4.62. The molecular formula is C15H18N4O. The van der Waals surface area contributed by atoms with Crippen molar-refractivity contribution in [1.29, 1.82) is 0 Å². The number of aryl methyl sites for hydroxylation is 3. The molecule has 1 N–H and O–H groups in total. The van der Waals surface area contributed by atoms with Crippen molar-refractivity contribution >= 4 is 12.1 Å². The van der Waals surface area contributed by atoms with Crippen LogP contribution in [0.5, 0.6) is 0 Å². The summed E-state index contributed by atoms with van der Waals surface area (Å²) in [7, 11) is 1.85. The Kier molecular flexibility index (Phi) is 4.65. The van der Waals surface area contributed by atoms with E-state index in [-0.39, 0.29) is 5.91 Å². The molecule has 0 bridgehead atoms. The van der Waals surface area contributed by atoms with Crippen LogP contribution in [0.3, 0.4) is 0 Å². The smallest absolute Gasteiger partial charge is 0.240 e. The molecule has 1 aromatic carbocycles. The minimum Gasteiger partial charge on any atom is -0.275 e. The van der Waals surface area contributed by atoms with Crippen LogP contribution in [0.1, 0.15) is 23.2 Å². The number of nitrogens with one attached hydrogen (secondary N) is 1. The van der Waals surface area contributed by atoms with Crippen LogP contribution in [-0.4, -0.2) is 21.9 Å². The Morgan fingerprint density at radius 2 is 2.15 bits per heavy atom. The van der Waals surface area contributed by atoms with Crippen LogP contribution in [0.25, 0.3) is 0 Å². The van der Waals surface area contributed by atoms with Gasteiger partial charge in [-0.1, -0.05) is 30.3 Å². The maximum Gasteiger partial charge on any atom is 0.240 e. The molecule has 0 spiro atoms. The highest BCUT2D eigenvalue weighted by atomic mass is 16.2. The first-order valence-corrected chi connectivity index (χ1v) is 6.51. The number of amides is 1. The summed E-state index contributed by atoms with van der Waals surface area (Å²) in [6.45, 7) is 1.90. The number of hydrogen-bond donors (Lipinski definition) is 1. The first-order chi connectivity index (χ1) is 9.65. The molecular weight excluding hydrogens is 252 g/mol. The Bertz CT molecular complexity index is 602. The van der Waals surface area contributed by atoms with Crippen molar-refractivity contribution in [2.24, 2.45) is 12.1 Å². The van der Waals surface area contributed by atoms with E-state index in [1.807, 2.05) is 50.5 Å². The molecule has 5 heteroatoms. The minimum absolute atomic E-state index is 0.0911. The highest BCUT2D eigenvalue weighted by molar-refractivity contribution is 5.83. The lowest BCUT2D eigenvalue weighted by Gasteiger charge is -2.00. The van der Waals surface area contributed by atoms with E-state index in [1.54, 1.807) is 10.9 Å². The van der Waals surface area contributed by atoms with Crippen molar-refractivity contribution in [2.75, 3.05) is 0 Å². The lowest BCUT2D eigenvalue weighted by Crippen LogP contribution is -2.17. The fourth-order valence-corrected chi connectivity index (χ4v) is 1.88. The number of benzene rings is 1. The van der Waals surface area contributed by atoms with Gasteiger partial charge in [0.1, 0.15) is 0 Å². The summed E-state index contributed by atoms with van der Waals surface area (Å²) in [6, 6.07) is 9.92. The first kappa shape index (κ1) is 14.0. The second-order valence-electron chi connectivity index (χ2n) is 4.62. The van der Waals surface area contributed by atoms with E-state index < -0.39 is 0 Å². The van der Waals surface area contributed by atoms with Crippen molar-refractivity contribution in [3.8, 4) is 0 Å². The van der Waals surface area contributed by atoms with Gasteiger partial charge in [-0.25, -0.2) is 5.43 Å². The number of nitrogens with zero attached hydrogens (tertiary/aromatic N) is 3. The Morgan fingerprint density at radius 1 is 1.40 bits per heavy atom. The van der Waals surface area contributed by atoms with Crippen LogP contribution in [0.15, 0.2) is 41.6 Å². The number of carbonyl (C=O) groups is 1. The SMILES string of the molecule is Cc1nn(C)cc1/C=N/NC(=O)CCc1ccccc1. The summed E-state index contributed by atoms with van der Waals surface area (Å²) in [6.07, 6.45) is 4.61. The predicted octanol–water partition coefficient (Wildman–Crippen LogP) is 1.81. The molecule has 2 aromatic rings. The molecule has 1 heterocycles. The predicted molar refractivity (Wildman–Crippen MR) is 78.4 cm³/mol. The molecule has 0 radical (unpaired) electrons. The van der Waals surface area contributed by atoms with E-state index in [9.17, 15) is 4.79 Å². The van der Waals surface area contributed by atoms with Gasteiger partial charge in [0, 0.05) is 25.2 Å². The second kappa shape index (κ2) is 6.65. The summed E-state index contributed by atoms with van der Waals surface area (Å²) in [5.41, 5.74) is 5.46. The molecule has 5 nitrogen and oxygen atoms in total. The van der Waals surface area contributed by atoms with Crippen LogP contribution in [0.4, 0.5) is 0 Å². The molecule has 0 saturated heterocycles. The van der Waals surface area contributed by atoms with Gasteiger partial charge in [0.25, 0.3) is 0 Å². The highest BCUT2D eigenvalue weighted by Crippen LogP contribution is 2.02. The molecule has 0 aliphatic carbocycles. The van der Waals surface area contributed by atoms with Crippen LogP contribution in [0, 0.1) is 6.92 Å². The van der Waals surface area contributed by atoms with Gasteiger partial charge < -0.3 is 0 Å². The summed E-state index contributed by atoms with van der Waals surface area (Å²) < 4.78 is 1.72. The molecule has 2 rings (SSSR count). The van der Waals surface area contributed by atoms with E-state index >= 15 is 0 Å². The number of aromatic nitrogens is 2. The van der Waals surface area contributed by atoms with Crippen LogP contribution >= 0.6 is 0 Å². The molecule has 1 amide bonds. The Hall–Kier alpha value is -2.43. The van der Waals surface area contributed by atoms with Gasteiger partial charge in [0.15, 0.2) is 0 Å². The first-order valence-electron chi connectivity index (χ1n) is 6.51. The molecule has 0 unspecified atom stereocenters. The van der Waals surface area contributed by atoms with Crippen LogP contribution in [-0.2, 0) is 18.3 Å². The third-order valence-electron chi connectivity index (χ3n) is 2.93. The maximum atomic E-state index is 11.7. The number of hydrogen-bond acceptors (Lipinski definition) is 3. The van der Waals surface area contributed by atoms with Crippen molar-refractivity contribution < 1.29 is 4.79 Å². The molecule has 104 valence electrons. The summed E-state index contributed by atoms with van der Waals surface area (Å²) in [4.78, 5) is 11.7.